The van der Waals surface area contributed by atoms with E-state index in [-0.39, 0.29) is 66.7 Å². The van der Waals surface area contributed by atoms with E-state index in [0.717, 1.165) is 27.3 Å². The number of aromatic nitrogens is 4. The molecule has 16 nitrogen and oxygen atoms in total. The SMILES string of the molecule is CCCn1c(=O)c(-c2ccc(C(=O)NCc3cccnc3)cc2)nc2ccc(NC(=O)CCCCCCC(=O)N[C@H](C(=O)N3C[C@H](O)C[C@H]3C(=O)N[C@@H](C)c3ccc(-c4scnc4C)cc3)C(C)(C)C)cc21. The summed E-state index contributed by atoms with van der Waals surface area (Å²) in [6, 6.07) is 21.5. The number of aryl methyl sites for hydroxylation is 2. The van der Waals surface area contributed by atoms with Crippen molar-refractivity contribution in [1.82, 2.24) is 40.4 Å². The molecule has 0 radical (unpaired) electrons. The summed E-state index contributed by atoms with van der Waals surface area (Å²) in [7, 11) is 0. The van der Waals surface area contributed by atoms with Crippen LogP contribution in [0, 0.1) is 12.3 Å². The molecular weight excluding hydrogens is 931 g/mol. The molecular formula is C55H65N9O7S. The molecule has 1 aliphatic heterocycles. The fourth-order valence-electron chi connectivity index (χ4n) is 8.91. The van der Waals surface area contributed by atoms with Crippen molar-refractivity contribution in [2.24, 2.45) is 5.41 Å². The van der Waals surface area contributed by atoms with E-state index < -0.39 is 29.5 Å². The van der Waals surface area contributed by atoms with Crippen molar-refractivity contribution < 1.29 is 29.1 Å². The minimum atomic E-state index is -0.929. The Morgan fingerprint density at radius 2 is 1.60 bits per heavy atom. The van der Waals surface area contributed by atoms with Gasteiger partial charge in [0.2, 0.25) is 23.6 Å². The second kappa shape index (κ2) is 23.9. The van der Waals surface area contributed by atoms with E-state index in [4.69, 9.17) is 4.98 Å². The van der Waals surface area contributed by atoms with Crippen LogP contribution < -0.4 is 26.8 Å². The van der Waals surface area contributed by atoms with E-state index in [1.165, 1.54) is 4.90 Å². The van der Waals surface area contributed by atoms with Crippen LogP contribution in [0.15, 0.2) is 102 Å². The van der Waals surface area contributed by atoms with Gasteiger partial charge in [-0.15, -0.1) is 11.3 Å². The first-order valence-electron chi connectivity index (χ1n) is 24.7. The fourth-order valence-corrected chi connectivity index (χ4v) is 9.73. The van der Waals surface area contributed by atoms with Crippen molar-refractivity contribution >= 4 is 57.6 Å². The number of benzene rings is 3. The number of likely N-dealkylation sites (tertiary alicyclic amines) is 1. The molecule has 1 saturated heterocycles. The highest BCUT2D eigenvalue weighted by molar-refractivity contribution is 7.13. The summed E-state index contributed by atoms with van der Waals surface area (Å²) in [6.07, 6.45) is 6.25. The van der Waals surface area contributed by atoms with Gasteiger partial charge in [-0.1, -0.05) is 83.0 Å². The molecule has 0 unspecified atom stereocenters. The zero-order valence-corrected chi connectivity index (χ0v) is 42.7. The third-order valence-corrected chi connectivity index (χ3v) is 13.9. The number of rotatable bonds is 20. The standard InChI is InChI=1S/C55H65N9O7S/c1-7-27-63-44-28-41(24-25-43(44)61-48(53(63)70)38-18-22-40(23-19-38)51(68)57-31-36-13-12-26-56-30-36)60-46(66)14-10-8-9-11-15-47(67)62-50(55(4,5)6)54(71)64-32-42(65)29-45(64)52(69)59-34(2)37-16-20-39(21-17-37)49-35(3)58-33-72-49/h12-13,16-26,28,30,33-34,42,45,50,65H,7-11,14-15,27,29,31-32H2,1-6H3,(H,57,68)(H,59,69)(H,60,66)(H,62,67)/t34-,42+,45-,50+/m0/s1. The van der Waals surface area contributed by atoms with Gasteiger partial charge in [-0.2, -0.15) is 0 Å². The minimum absolute atomic E-state index is 0.0156. The van der Waals surface area contributed by atoms with E-state index in [1.807, 2.05) is 83.5 Å². The van der Waals surface area contributed by atoms with Crippen LogP contribution in [-0.2, 0) is 32.3 Å². The van der Waals surface area contributed by atoms with Crippen LogP contribution in [-0.4, -0.2) is 83.8 Å². The van der Waals surface area contributed by atoms with Crippen LogP contribution in [0.4, 0.5) is 5.69 Å². The number of thiazole rings is 1. The second-order valence-electron chi connectivity index (χ2n) is 19.6. The van der Waals surface area contributed by atoms with Crippen LogP contribution in [0.1, 0.15) is 119 Å². The summed E-state index contributed by atoms with van der Waals surface area (Å²) < 4.78 is 1.67. The normalized spacial score (nSPS) is 15.5. The van der Waals surface area contributed by atoms with Gasteiger partial charge in [0.05, 0.1) is 39.3 Å². The first kappa shape index (κ1) is 52.7. The third kappa shape index (κ3) is 13.2. The topological polar surface area (TPSA) is 218 Å². The summed E-state index contributed by atoms with van der Waals surface area (Å²) in [5.41, 5.74) is 7.65. The van der Waals surface area contributed by atoms with Crippen molar-refractivity contribution in [1.29, 1.82) is 0 Å². The van der Waals surface area contributed by atoms with E-state index >= 15 is 0 Å². The maximum atomic E-state index is 14.1. The molecule has 0 aliphatic carbocycles. The van der Waals surface area contributed by atoms with Gasteiger partial charge in [-0.05, 0) is 91.6 Å². The van der Waals surface area contributed by atoms with E-state index in [2.05, 4.69) is 31.2 Å². The van der Waals surface area contributed by atoms with Crippen molar-refractivity contribution in [3.63, 3.8) is 0 Å². The molecule has 0 spiro atoms. The Balaban J connectivity index is 0.867. The summed E-state index contributed by atoms with van der Waals surface area (Å²) >= 11 is 1.57. The van der Waals surface area contributed by atoms with E-state index in [0.29, 0.717) is 73.0 Å². The molecule has 3 aromatic carbocycles. The van der Waals surface area contributed by atoms with Crippen LogP contribution in [0.2, 0.25) is 0 Å². The number of nitrogens with zero attached hydrogens (tertiary/aromatic N) is 5. The third-order valence-electron chi connectivity index (χ3n) is 12.9. The number of aliphatic hydroxyl groups excluding tert-OH is 1. The highest BCUT2D eigenvalue weighted by Crippen LogP contribution is 2.30. The maximum Gasteiger partial charge on any atom is 0.277 e. The molecule has 0 bridgehead atoms. The van der Waals surface area contributed by atoms with E-state index in [9.17, 15) is 33.9 Å². The fraction of sp³-hybridized carbons (Fsp3) is 0.400. The number of β-amino-alcohol motifs (C(OH)–C–C–N with tert-alkyl or cyclic N) is 1. The van der Waals surface area contributed by atoms with Crippen LogP contribution in [0.5, 0.6) is 0 Å². The number of pyridine rings is 1. The largest absolute Gasteiger partial charge is 0.391 e. The lowest BCUT2D eigenvalue weighted by atomic mass is 9.85. The molecule has 378 valence electrons. The monoisotopic (exact) mass is 995 g/mol. The molecule has 5 N–H and O–H groups in total. The van der Waals surface area contributed by atoms with Crippen LogP contribution in [0.3, 0.4) is 0 Å². The molecule has 4 atom stereocenters. The molecule has 72 heavy (non-hydrogen) atoms. The Labute approximate surface area is 424 Å². The maximum absolute atomic E-state index is 14.1. The molecule has 3 aromatic heterocycles. The quantitative estimate of drug-likeness (QED) is 0.0466. The zero-order valence-electron chi connectivity index (χ0n) is 41.9. The predicted octanol–water partition coefficient (Wildman–Crippen LogP) is 7.88. The van der Waals surface area contributed by atoms with Gasteiger partial charge in [-0.25, -0.2) is 9.97 Å². The first-order valence-corrected chi connectivity index (χ1v) is 25.6. The number of hydrogen-bond donors (Lipinski definition) is 5. The van der Waals surface area contributed by atoms with Crippen molar-refractivity contribution in [3.8, 4) is 21.7 Å². The van der Waals surface area contributed by atoms with Crippen molar-refractivity contribution in [2.75, 3.05) is 11.9 Å². The van der Waals surface area contributed by atoms with Crippen molar-refractivity contribution in [3.05, 3.63) is 130 Å². The number of hydrogen-bond acceptors (Lipinski definition) is 11. The number of fused-ring (bicyclic) bond motifs is 1. The predicted molar refractivity (Wildman–Crippen MR) is 280 cm³/mol. The Morgan fingerprint density at radius 1 is 0.889 bits per heavy atom. The molecule has 17 heteroatoms. The Bertz CT molecular complexity index is 2930. The lowest BCUT2D eigenvalue weighted by Crippen LogP contribution is -2.57. The van der Waals surface area contributed by atoms with E-state index in [1.54, 1.807) is 70.8 Å². The van der Waals surface area contributed by atoms with Gasteiger partial charge in [0.1, 0.15) is 17.8 Å². The van der Waals surface area contributed by atoms with Gasteiger partial charge in [0.25, 0.3) is 11.5 Å². The van der Waals surface area contributed by atoms with Gasteiger partial charge in [-0.3, -0.25) is 33.8 Å². The van der Waals surface area contributed by atoms with Gasteiger partial charge in [0, 0.05) is 68.1 Å². The molecule has 0 saturated carbocycles. The van der Waals surface area contributed by atoms with Crippen LogP contribution in [0.25, 0.3) is 32.7 Å². The highest BCUT2D eigenvalue weighted by atomic mass is 32.1. The highest BCUT2D eigenvalue weighted by Gasteiger charge is 2.44. The van der Waals surface area contributed by atoms with Crippen molar-refractivity contribution in [2.45, 2.75) is 130 Å². The smallest absolute Gasteiger partial charge is 0.277 e. The lowest BCUT2D eigenvalue weighted by Gasteiger charge is -2.35. The number of carbonyl (C=O) groups is 5. The first-order chi connectivity index (χ1) is 34.5. The zero-order chi connectivity index (χ0) is 51.5. The molecule has 4 heterocycles. The Morgan fingerprint density at radius 3 is 2.25 bits per heavy atom. The number of amides is 5. The second-order valence-corrected chi connectivity index (χ2v) is 20.4. The summed E-state index contributed by atoms with van der Waals surface area (Å²) in [4.78, 5) is 96.5. The van der Waals surface area contributed by atoms with Gasteiger partial charge in [0.15, 0.2) is 0 Å². The molecule has 1 aliphatic rings. The summed E-state index contributed by atoms with van der Waals surface area (Å²) in [5.74, 6) is -1.50. The van der Waals surface area contributed by atoms with Gasteiger partial charge >= 0.3 is 0 Å². The summed E-state index contributed by atoms with van der Waals surface area (Å²) in [5, 5.41) is 22.5. The number of nitrogens with one attached hydrogen (secondary N) is 4. The number of carbonyl (C=O) groups excluding carboxylic acids is 5. The number of aliphatic hydroxyl groups is 1. The minimum Gasteiger partial charge on any atom is -0.391 e. The average molecular weight is 996 g/mol. The molecule has 1 fully saturated rings. The lowest BCUT2D eigenvalue weighted by molar-refractivity contribution is -0.144. The molecule has 7 rings (SSSR count). The number of anilines is 1. The molecule has 6 aromatic rings. The molecule has 5 amide bonds. The van der Waals surface area contributed by atoms with Crippen LogP contribution >= 0.6 is 11.3 Å². The summed E-state index contributed by atoms with van der Waals surface area (Å²) in [6.45, 7) is 12.2. The van der Waals surface area contributed by atoms with Gasteiger partial charge < -0.3 is 35.8 Å². The Hall–Kier alpha value is -7.11. The Kier molecular flexibility index (Phi) is 17.5. The average Bonchev–Trinajstić information content (AvgIpc) is 3.99. The number of unbranched alkanes of at least 4 members (excludes halogenated alkanes) is 3.